The van der Waals surface area contributed by atoms with Gasteiger partial charge in [-0.05, 0) is 65.5 Å². The standard InChI is InChI=1S/C33H41N3O3/c1-6-36(32(39)35-22-25-15-19-29(20-16-25)33(3,4)5)30(34)12-7-9-24-13-17-26(18-14-24)28-11-8-10-27(21-28)23(2)31(37)38/h8,10-11,13-21,23,34H,6-7,9,12,22H2,1-5H3,(H,35,39)(H,37,38). The van der Waals surface area contributed by atoms with Gasteiger partial charge in [0.25, 0.3) is 0 Å². The van der Waals surface area contributed by atoms with Gasteiger partial charge in [0.1, 0.15) is 5.84 Å². The number of rotatable bonds is 10. The number of amides is 2. The molecule has 206 valence electrons. The Labute approximate surface area is 232 Å². The van der Waals surface area contributed by atoms with E-state index >= 15 is 0 Å². The van der Waals surface area contributed by atoms with Crippen LogP contribution in [0.1, 0.15) is 75.6 Å². The molecule has 0 spiro atoms. The first-order chi connectivity index (χ1) is 18.5. The van der Waals surface area contributed by atoms with E-state index in [1.807, 2.05) is 55.5 Å². The van der Waals surface area contributed by atoms with E-state index in [2.05, 4.69) is 50.4 Å². The van der Waals surface area contributed by atoms with Crippen LogP contribution in [0.15, 0.2) is 72.8 Å². The molecule has 3 aromatic rings. The van der Waals surface area contributed by atoms with Crippen LogP contribution in [0.4, 0.5) is 4.79 Å². The van der Waals surface area contributed by atoms with Crippen molar-refractivity contribution in [2.24, 2.45) is 0 Å². The smallest absolute Gasteiger partial charge is 0.323 e. The van der Waals surface area contributed by atoms with Gasteiger partial charge in [0.15, 0.2) is 0 Å². The molecular weight excluding hydrogens is 486 g/mol. The number of nitrogens with zero attached hydrogens (tertiary/aromatic N) is 1. The Hall–Kier alpha value is -3.93. The number of nitrogens with one attached hydrogen (secondary N) is 2. The highest BCUT2D eigenvalue weighted by Gasteiger charge is 2.17. The maximum absolute atomic E-state index is 12.8. The van der Waals surface area contributed by atoms with Gasteiger partial charge < -0.3 is 10.4 Å². The van der Waals surface area contributed by atoms with Gasteiger partial charge in [-0.1, -0.05) is 93.6 Å². The summed E-state index contributed by atoms with van der Waals surface area (Å²) < 4.78 is 0. The molecule has 1 unspecified atom stereocenters. The van der Waals surface area contributed by atoms with Gasteiger partial charge in [-0.25, -0.2) is 4.79 Å². The minimum absolute atomic E-state index is 0.0893. The van der Waals surface area contributed by atoms with Crippen LogP contribution < -0.4 is 5.32 Å². The third kappa shape index (κ3) is 8.28. The molecule has 0 heterocycles. The van der Waals surface area contributed by atoms with E-state index in [0.29, 0.717) is 25.3 Å². The lowest BCUT2D eigenvalue weighted by atomic mass is 9.87. The van der Waals surface area contributed by atoms with Gasteiger partial charge in [-0.3, -0.25) is 15.1 Å². The zero-order chi connectivity index (χ0) is 28.6. The molecule has 0 saturated heterocycles. The van der Waals surface area contributed by atoms with E-state index < -0.39 is 11.9 Å². The third-order valence-electron chi connectivity index (χ3n) is 7.07. The molecule has 3 aromatic carbocycles. The molecule has 0 aliphatic heterocycles. The fourth-order valence-corrected chi connectivity index (χ4v) is 4.44. The van der Waals surface area contributed by atoms with Gasteiger partial charge >= 0.3 is 12.0 Å². The SMILES string of the molecule is CCN(C(=N)CCCc1ccc(-c2cccc(C(C)C(=O)O)c2)cc1)C(=O)NCc1ccc(C(C)(C)C)cc1. The quantitative estimate of drug-likeness (QED) is 0.190. The van der Waals surface area contributed by atoms with Crippen LogP contribution in [0.2, 0.25) is 0 Å². The summed E-state index contributed by atoms with van der Waals surface area (Å²) >= 11 is 0. The second-order valence-electron chi connectivity index (χ2n) is 11.0. The molecule has 0 aliphatic rings. The highest BCUT2D eigenvalue weighted by molar-refractivity contribution is 5.95. The Bertz CT molecular complexity index is 1270. The van der Waals surface area contributed by atoms with Gasteiger partial charge in [0.05, 0.1) is 5.92 Å². The number of benzene rings is 3. The average Bonchev–Trinajstić information content (AvgIpc) is 2.92. The first-order valence-electron chi connectivity index (χ1n) is 13.6. The highest BCUT2D eigenvalue weighted by atomic mass is 16.4. The zero-order valence-corrected chi connectivity index (χ0v) is 23.8. The lowest BCUT2D eigenvalue weighted by Crippen LogP contribution is -2.43. The molecule has 0 bridgehead atoms. The molecule has 39 heavy (non-hydrogen) atoms. The summed E-state index contributed by atoms with van der Waals surface area (Å²) in [7, 11) is 0. The lowest BCUT2D eigenvalue weighted by molar-refractivity contribution is -0.138. The minimum Gasteiger partial charge on any atom is -0.481 e. The van der Waals surface area contributed by atoms with E-state index in [0.717, 1.165) is 40.7 Å². The molecule has 0 radical (unpaired) electrons. The molecule has 3 rings (SSSR count). The van der Waals surface area contributed by atoms with Crippen LogP contribution in [0.5, 0.6) is 0 Å². The van der Waals surface area contributed by atoms with E-state index in [-0.39, 0.29) is 11.4 Å². The number of carbonyl (C=O) groups excluding carboxylic acids is 1. The monoisotopic (exact) mass is 527 g/mol. The molecule has 0 saturated carbocycles. The summed E-state index contributed by atoms with van der Waals surface area (Å²) in [6.07, 6.45) is 2.08. The van der Waals surface area contributed by atoms with Crippen LogP contribution >= 0.6 is 0 Å². The van der Waals surface area contributed by atoms with Crippen molar-refractivity contribution in [3.63, 3.8) is 0 Å². The van der Waals surface area contributed by atoms with E-state index in [9.17, 15) is 14.7 Å². The molecule has 6 nitrogen and oxygen atoms in total. The van der Waals surface area contributed by atoms with Crippen molar-refractivity contribution in [2.75, 3.05) is 6.54 Å². The predicted molar refractivity (Wildman–Crippen MR) is 158 cm³/mol. The van der Waals surface area contributed by atoms with E-state index in [4.69, 9.17) is 5.41 Å². The highest BCUT2D eigenvalue weighted by Crippen LogP contribution is 2.25. The number of carbonyl (C=O) groups is 2. The summed E-state index contributed by atoms with van der Waals surface area (Å²) in [5.74, 6) is -1.07. The van der Waals surface area contributed by atoms with Crippen LogP contribution in [-0.4, -0.2) is 34.4 Å². The Morgan fingerprint density at radius 2 is 1.59 bits per heavy atom. The zero-order valence-electron chi connectivity index (χ0n) is 23.8. The average molecular weight is 528 g/mol. The number of urea groups is 1. The summed E-state index contributed by atoms with van der Waals surface area (Å²) in [6, 6.07) is 23.9. The Balaban J connectivity index is 1.49. The number of amidine groups is 1. The van der Waals surface area contributed by atoms with Crippen LogP contribution in [0.25, 0.3) is 11.1 Å². The van der Waals surface area contributed by atoms with Crippen molar-refractivity contribution in [1.82, 2.24) is 10.2 Å². The first-order valence-corrected chi connectivity index (χ1v) is 13.6. The largest absolute Gasteiger partial charge is 0.481 e. The van der Waals surface area contributed by atoms with Crippen molar-refractivity contribution >= 4 is 17.8 Å². The van der Waals surface area contributed by atoms with Crippen LogP contribution in [-0.2, 0) is 23.2 Å². The van der Waals surface area contributed by atoms with Crippen molar-refractivity contribution in [3.05, 3.63) is 95.1 Å². The number of aryl methyl sites for hydroxylation is 1. The molecule has 1 atom stereocenters. The Morgan fingerprint density at radius 3 is 2.18 bits per heavy atom. The lowest BCUT2D eigenvalue weighted by Gasteiger charge is -2.22. The van der Waals surface area contributed by atoms with Crippen molar-refractivity contribution in [2.45, 2.75) is 71.8 Å². The molecule has 2 amide bonds. The number of hydrogen-bond acceptors (Lipinski definition) is 3. The number of carboxylic acid groups (broad SMARTS) is 1. The molecule has 3 N–H and O–H groups in total. The third-order valence-corrected chi connectivity index (χ3v) is 7.07. The van der Waals surface area contributed by atoms with Gasteiger partial charge in [-0.2, -0.15) is 0 Å². The summed E-state index contributed by atoms with van der Waals surface area (Å²) in [5.41, 5.74) is 6.34. The first kappa shape index (κ1) is 29.6. The second kappa shape index (κ2) is 13.2. The Morgan fingerprint density at radius 1 is 0.949 bits per heavy atom. The molecule has 0 aliphatic carbocycles. The van der Waals surface area contributed by atoms with Gasteiger partial charge in [0.2, 0.25) is 0 Å². The van der Waals surface area contributed by atoms with Crippen molar-refractivity contribution in [1.29, 1.82) is 5.41 Å². The number of carboxylic acids is 1. The second-order valence-corrected chi connectivity index (χ2v) is 11.0. The summed E-state index contributed by atoms with van der Waals surface area (Å²) in [4.78, 5) is 25.6. The predicted octanol–water partition coefficient (Wildman–Crippen LogP) is 7.37. The maximum atomic E-state index is 12.8. The number of aliphatic carboxylic acids is 1. The molecule has 6 heteroatoms. The minimum atomic E-state index is -0.835. The van der Waals surface area contributed by atoms with E-state index in [1.54, 1.807) is 6.92 Å². The summed E-state index contributed by atoms with van der Waals surface area (Å²) in [5, 5.41) is 20.7. The Kier molecular flexibility index (Phi) is 10.0. The summed E-state index contributed by atoms with van der Waals surface area (Å²) in [6.45, 7) is 11.0. The van der Waals surface area contributed by atoms with Crippen molar-refractivity contribution in [3.8, 4) is 11.1 Å². The molecular formula is C33H41N3O3. The topological polar surface area (TPSA) is 93.5 Å². The normalized spacial score (nSPS) is 12.0. The van der Waals surface area contributed by atoms with Gasteiger partial charge in [0, 0.05) is 19.5 Å². The van der Waals surface area contributed by atoms with Crippen LogP contribution in [0, 0.1) is 5.41 Å². The van der Waals surface area contributed by atoms with Crippen LogP contribution in [0.3, 0.4) is 0 Å². The molecule has 0 aromatic heterocycles. The fraction of sp³-hybridized carbons (Fsp3) is 0.364. The van der Waals surface area contributed by atoms with E-state index in [1.165, 1.54) is 10.5 Å². The fourth-order valence-electron chi connectivity index (χ4n) is 4.44. The van der Waals surface area contributed by atoms with Gasteiger partial charge in [-0.15, -0.1) is 0 Å². The number of hydrogen-bond donors (Lipinski definition) is 3. The van der Waals surface area contributed by atoms with Crippen molar-refractivity contribution < 1.29 is 14.7 Å². The maximum Gasteiger partial charge on any atom is 0.323 e. The molecule has 0 fully saturated rings.